The maximum Gasteiger partial charge on any atom is 0.141 e. The van der Waals surface area contributed by atoms with Gasteiger partial charge in [-0.15, -0.1) is 0 Å². The van der Waals surface area contributed by atoms with Crippen molar-refractivity contribution in [2.45, 2.75) is 38.1 Å². The summed E-state index contributed by atoms with van der Waals surface area (Å²) >= 11 is 0. The number of ether oxygens (including phenoxy) is 1. The van der Waals surface area contributed by atoms with Crippen molar-refractivity contribution in [2.24, 2.45) is 11.7 Å². The Morgan fingerprint density at radius 1 is 1.39 bits per heavy atom. The molecule has 1 aliphatic rings. The minimum absolute atomic E-state index is 0.0463. The van der Waals surface area contributed by atoms with Gasteiger partial charge in [0.2, 0.25) is 0 Å². The Morgan fingerprint density at radius 3 is 2.89 bits per heavy atom. The van der Waals surface area contributed by atoms with E-state index in [0.717, 1.165) is 37.0 Å². The molecule has 18 heavy (non-hydrogen) atoms. The molecular weight excluding hydrogens is 226 g/mol. The number of carbonyl (C=O) groups is 1. The molecule has 0 heterocycles. The van der Waals surface area contributed by atoms with Crippen molar-refractivity contribution in [1.82, 2.24) is 0 Å². The van der Waals surface area contributed by atoms with Crippen LogP contribution in [0.15, 0.2) is 24.3 Å². The number of nitrogens with two attached hydrogens (primary N) is 1. The molecule has 0 aliphatic heterocycles. The molecule has 1 aliphatic carbocycles. The summed E-state index contributed by atoms with van der Waals surface area (Å²) in [6.45, 7) is 0. The fourth-order valence-electron chi connectivity index (χ4n) is 2.67. The molecule has 0 spiro atoms. The molecule has 0 aromatic heterocycles. The molecule has 1 aromatic carbocycles. The molecule has 0 bridgehead atoms. The smallest absolute Gasteiger partial charge is 0.141 e. The monoisotopic (exact) mass is 247 g/mol. The Hall–Kier alpha value is -1.35. The zero-order valence-corrected chi connectivity index (χ0v) is 10.9. The summed E-state index contributed by atoms with van der Waals surface area (Å²) in [5.41, 5.74) is 7.06. The Bertz CT molecular complexity index is 417. The van der Waals surface area contributed by atoms with E-state index < -0.39 is 0 Å². The number of ketones is 1. The van der Waals surface area contributed by atoms with Gasteiger partial charge in [0.05, 0.1) is 7.11 Å². The Morgan fingerprint density at radius 2 is 2.17 bits per heavy atom. The van der Waals surface area contributed by atoms with E-state index in [0.29, 0.717) is 6.42 Å². The number of Topliss-reactive ketones (excluding diaryl/α,β-unsaturated/α-hetero) is 1. The fraction of sp³-hybridized carbons (Fsp3) is 0.533. The predicted octanol–water partition coefficient (Wildman–Crippen LogP) is 2.32. The average molecular weight is 247 g/mol. The van der Waals surface area contributed by atoms with E-state index >= 15 is 0 Å². The van der Waals surface area contributed by atoms with Gasteiger partial charge in [-0.1, -0.05) is 25.0 Å². The van der Waals surface area contributed by atoms with Gasteiger partial charge in [-0.25, -0.2) is 0 Å². The summed E-state index contributed by atoms with van der Waals surface area (Å²) in [4.78, 5) is 12.3. The van der Waals surface area contributed by atoms with E-state index in [1.54, 1.807) is 7.11 Å². The number of methoxy groups -OCH3 is 1. The molecule has 2 N–H and O–H groups in total. The highest BCUT2D eigenvalue weighted by Crippen LogP contribution is 2.25. The summed E-state index contributed by atoms with van der Waals surface area (Å²) in [5.74, 6) is 1.12. The largest absolute Gasteiger partial charge is 0.497 e. The summed E-state index contributed by atoms with van der Waals surface area (Å²) in [6.07, 6.45) is 4.68. The van der Waals surface area contributed by atoms with Crippen molar-refractivity contribution in [3.8, 4) is 5.75 Å². The van der Waals surface area contributed by atoms with Crippen molar-refractivity contribution in [3.05, 3.63) is 29.8 Å². The SMILES string of the molecule is COc1cccc(CC(=O)C2CCCCC2N)c1. The van der Waals surface area contributed by atoms with Gasteiger partial charge < -0.3 is 10.5 Å². The van der Waals surface area contributed by atoms with Crippen LogP contribution in [0.1, 0.15) is 31.2 Å². The van der Waals surface area contributed by atoms with Crippen molar-refractivity contribution in [1.29, 1.82) is 0 Å². The Labute approximate surface area is 108 Å². The van der Waals surface area contributed by atoms with Crippen LogP contribution < -0.4 is 10.5 Å². The minimum atomic E-state index is 0.0463. The molecule has 1 saturated carbocycles. The van der Waals surface area contributed by atoms with Crippen LogP contribution in [0.2, 0.25) is 0 Å². The highest BCUT2D eigenvalue weighted by Gasteiger charge is 2.27. The lowest BCUT2D eigenvalue weighted by Gasteiger charge is -2.27. The molecule has 1 fully saturated rings. The van der Waals surface area contributed by atoms with Gasteiger partial charge in [0.1, 0.15) is 11.5 Å². The summed E-state index contributed by atoms with van der Waals surface area (Å²) < 4.78 is 5.17. The fourth-order valence-corrected chi connectivity index (χ4v) is 2.67. The van der Waals surface area contributed by atoms with Gasteiger partial charge in [-0.05, 0) is 30.5 Å². The van der Waals surface area contributed by atoms with E-state index in [2.05, 4.69) is 0 Å². The highest BCUT2D eigenvalue weighted by atomic mass is 16.5. The van der Waals surface area contributed by atoms with Crippen LogP contribution in [0.3, 0.4) is 0 Å². The maximum atomic E-state index is 12.3. The van der Waals surface area contributed by atoms with Crippen LogP contribution in [0, 0.1) is 5.92 Å². The summed E-state index contributed by atoms with van der Waals surface area (Å²) in [5, 5.41) is 0. The molecular formula is C15H21NO2. The molecule has 2 rings (SSSR count). The number of hydrogen-bond acceptors (Lipinski definition) is 3. The van der Waals surface area contributed by atoms with E-state index in [1.165, 1.54) is 0 Å². The molecule has 2 atom stereocenters. The molecule has 0 saturated heterocycles. The van der Waals surface area contributed by atoms with Crippen molar-refractivity contribution in [3.63, 3.8) is 0 Å². The lowest BCUT2D eigenvalue weighted by atomic mass is 9.81. The number of rotatable bonds is 4. The van der Waals surface area contributed by atoms with Crippen LogP contribution in [0.25, 0.3) is 0 Å². The van der Waals surface area contributed by atoms with Crippen LogP contribution in [0.4, 0.5) is 0 Å². The third kappa shape index (κ3) is 3.10. The van der Waals surface area contributed by atoms with Gasteiger partial charge in [0, 0.05) is 18.4 Å². The van der Waals surface area contributed by atoms with Gasteiger partial charge in [-0.2, -0.15) is 0 Å². The third-order valence-electron chi connectivity index (χ3n) is 3.75. The first-order chi connectivity index (χ1) is 8.70. The minimum Gasteiger partial charge on any atom is -0.497 e. The van der Waals surface area contributed by atoms with Crippen molar-refractivity contribution < 1.29 is 9.53 Å². The van der Waals surface area contributed by atoms with E-state index in [1.807, 2.05) is 24.3 Å². The zero-order chi connectivity index (χ0) is 13.0. The molecule has 0 radical (unpaired) electrons. The zero-order valence-electron chi connectivity index (χ0n) is 10.9. The number of benzene rings is 1. The Balaban J connectivity index is 2.01. The number of hydrogen-bond donors (Lipinski definition) is 1. The van der Waals surface area contributed by atoms with E-state index in [9.17, 15) is 4.79 Å². The second-order valence-corrected chi connectivity index (χ2v) is 5.05. The molecule has 98 valence electrons. The van der Waals surface area contributed by atoms with Gasteiger partial charge >= 0.3 is 0 Å². The third-order valence-corrected chi connectivity index (χ3v) is 3.75. The van der Waals surface area contributed by atoms with Crippen molar-refractivity contribution >= 4 is 5.78 Å². The van der Waals surface area contributed by atoms with Gasteiger partial charge in [0.15, 0.2) is 0 Å². The predicted molar refractivity (Wildman–Crippen MR) is 71.6 cm³/mol. The highest BCUT2D eigenvalue weighted by molar-refractivity contribution is 5.84. The second-order valence-electron chi connectivity index (χ2n) is 5.05. The van der Waals surface area contributed by atoms with E-state index in [4.69, 9.17) is 10.5 Å². The number of carbonyl (C=O) groups excluding carboxylic acids is 1. The first kappa shape index (κ1) is 13.1. The van der Waals surface area contributed by atoms with Crippen LogP contribution in [0.5, 0.6) is 5.75 Å². The first-order valence-corrected chi connectivity index (χ1v) is 6.62. The van der Waals surface area contributed by atoms with Crippen LogP contribution in [-0.2, 0) is 11.2 Å². The van der Waals surface area contributed by atoms with Gasteiger partial charge in [0.25, 0.3) is 0 Å². The standard InChI is InChI=1S/C15H21NO2/c1-18-12-6-4-5-11(9-12)10-15(17)13-7-2-3-8-14(13)16/h4-6,9,13-14H,2-3,7-8,10,16H2,1H3. The summed E-state index contributed by atoms with van der Waals surface area (Å²) in [7, 11) is 1.64. The maximum absolute atomic E-state index is 12.3. The molecule has 3 heteroatoms. The van der Waals surface area contributed by atoms with Crippen molar-refractivity contribution in [2.75, 3.05) is 7.11 Å². The first-order valence-electron chi connectivity index (χ1n) is 6.62. The normalized spacial score (nSPS) is 23.7. The lowest BCUT2D eigenvalue weighted by Crippen LogP contribution is -2.38. The van der Waals surface area contributed by atoms with E-state index in [-0.39, 0.29) is 17.7 Å². The lowest BCUT2D eigenvalue weighted by molar-refractivity contribution is -0.123. The molecule has 3 nitrogen and oxygen atoms in total. The van der Waals surface area contributed by atoms with Gasteiger partial charge in [-0.3, -0.25) is 4.79 Å². The Kier molecular flexibility index (Phi) is 4.37. The quantitative estimate of drug-likeness (QED) is 0.888. The topological polar surface area (TPSA) is 52.3 Å². The molecule has 0 amide bonds. The molecule has 2 unspecified atom stereocenters. The average Bonchev–Trinajstić information content (AvgIpc) is 2.39. The van der Waals surface area contributed by atoms with Crippen LogP contribution in [-0.4, -0.2) is 18.9 Å². The summed E-state index contributed by atoms with van der Waals surface area (Å²) in [6, 6.07) is 7.75. The van der Waals surface area contributed by atoms with Crippen LogP contribution >= 0.6 is 0 Å². The second kappa shape index (κ2) is 6.01. The molecule has 1 aromatic rings.